The zero-order valence-corrected chi connectivity index (χ0v) is 33.1. The fraction of sp³-hybridized carbons (Fsp3) is 0.585. The van der Waals surface area contributed by atoms with E-state index in [0.717, 1.165) is 24.7 Å². The van der Waals surface area contributed by atoms with Crippen LogP contribution < -0.4 is 3.27 Å². The predicted molar refractivity (Wildman–Crippen MR) is 198 cm³/mol. The minimum absolute atomic E-state index is 0. The van der Waals surface area contributed by atoms with E-state index in [-0.39, 0.29) is 35.6 Å². The third-order valence-electron chi connectivity index (χ3n) is 13.2. The van der Waals surface area contributed by atoms with Crippen LogP contribution in [0, 0.1) is 11.8 Å². The van der Waals surface area contributed by atoms with E-state index in [1.807, 2.05) is 3.27 Å². The van der Waals surface area contributed by atoms with Gasteiger partial charge in [0, 0.05) is 0 Å². The first-order valence-corrected chi connectivity index (χ1v) is 24.5. The van der Waals surface area contributed by atoms with E-state index in [4.69, 9.17) is 4.21 Å². The Labute approximate surface area is 283 Å². The van der Waals surface area contributed by atoms with Gasteiger partial charge >= 0.3 is 261 Å². The van der Waals surface area contributed by atoms with Gasteiger partial charge in [0.2, 0.25) is 0 Å². The van der Waals surface area contributed by atoms with Crippen molar-refractivity contribution in [1.82, 2.24) is 0 Å². The number of rotatable bonds is 6. The molecule has 0 saturated heterocycles. The minimum atomic E-state index is -4.33. The van der Waals surface area contributed by atoms with E-state index >= 15 is 0 Å². The SMILES string of the molecule is Cl.Cl.[CH2]=[Zr]([C]1=CC=CC1)([c]1c(C(C)(C)C)ccc2c1Cc1cc(C(C)(C)C)ccc1-2)([CH](C)C1CCCC1)[CH](C)C1CCCC1. The van der Waals surface area contributed by atoms with Gasteiger partial charge in [-0.25, -0.2) is 0 Å². The van der Waals surface area contributed by atoms with Crippen LogP contribution in [-0.4, -0.2) is 4.21 Å². The van der Waals surface area contributed by atoms with Crippen LogP contribution >= 0.6 is 24.8 Å². The first-order chi connectivity index (χ1) is 19.8. The van der Waals surface area contributed by atoms with E-state index in [0.29, 0.717) is 7.25 Å². The molecule has 0 amide bonds. The van der Waals surface area contributed by atoms with Gasteiger partial charge in [0.05, 0.1) is 0 Å². The van der Waals surface area contributed by atoms with Crippen LogP contribution in [0.2, 0.25) is 7.25 Å². The third kappa shape index (κ3) is 5.50. The van der Waals surface area contributed by atoms with E-state index in [1.54, 1.807) is 20.0 Å². The molecular weight excluding hydrogens is 655 g/mol. The van der Waals surface area contributed by atoms with Gasteiger partial charge in [-0.2, -0.15) is 0 Å². The molecule has 2 fully saturated rings. The topological polar surface area (TPSA) is 0 Å². The van der Waals surface area contributed by atoms with Gasteiger partial charge in [-0.15, -0.1) is 24.8 Å². The maximum atomic E-state index is 6.01. The van der Waals surface area contributed by atoms with Gasteiger partial charge < -0.3 is 0 Å². The summed E-state index contributed by atoms with van der Waals surface area (Å²) in [6.45, 7) is 20.0. The van der Waals surface area contributed by atoms with Crippen molar-refractivity contribution in [3.05, 3.63) is 74.1 Å². The Kier molecular flexibility index (Phi) is 10.4. The molecule has 4 aliphatic rings. The van der Waals surface area contributed by atoms with Crippen molar-refractivity contribution in [3.8, 4) is 11.1 Å². The predicted octanol–water partition coefficient (Wildman–Crippen LogP) is 12.3. The molecule has 2 aromatic rings. The van der Waals surface area contributed by atoms with Gasteiger partial charge in [0.25, 0.3) is 0 Å². The normalized spacial score (nSPS) is 20.5. The molecule has 3 heteroatoms. The average molecular weight is 715 g/mol. The number of hydrogen-bond acceptors (Lipinski definition) is 0. The Bertz CT molecular complexity index is 1470. The molecular formula is C41H60Cl2Zr. The fourth-order valence-electron chi connectivity index (χ4n) is 10.5. The molecule has 0 aliphatic heterocycles. The second-order valence-corrected chi connectivity index (χ2v) is 32.5. The quantitative estimate of drug-likeness (QED) is 0.238. The van der Waals surface area contributed by atoms with Crippen LogP contribution in [-0.2, 0) is 35.5 Å². The van der Waals surface area contributed by atoms with Crippen molar-refractivity contribution in [2.75, 3.05) is 0 Å². The van der Waals surface area contributed by atoms with Gasteiger partial charge in [0.1, 0.15) is 0 Å². The van der Waals surface area contributed by atoms with Crippen LogP contribution in [0.15, 0.2) is 51.8 Å². The van der Waals surface area contributed by atoms with E-state index < -0.39 is 18.3 Å². The maximum absolute atomic E-state index is 6.01. The zero-order chi connectivity index (χ0) is 30.1. The summed E-state index contributed by atoms with van der Waals surface area (Å²) in [6, 6.07) is 12.5. The van der Waals surface area contributed by atoms with Gasteiger partial charge in [-0.3, -0.25) is 0 Å². The molecule has 0 radical (unpaired) electrons. The summed E-state index contributed by atoms with van der Waals surface area (Å²) in [5, 5.41) is 0. The number of hydrogen-bond donors (Lipinski definition) is 0. The van der Waals surface area contributed by atoms with Crippen molar-refractivity contribution in [2.45, 2.75) is 138 Å². The van der Waals surface area contributed by atoms with Crippen molar-refractivity contribution in [2.24, 2.45) is 11.8 Å². The summed E-state index contributed by atoms with van der Waals surface area (Å²) in [6.07, 6.45) is 21.0. The van der Waals surface area contributed by atoms with Crippen LogP contribution in [0.4, 0.5) is 0 Å². The van der Waals surface area contributed by atoms with Gasteiger partial charge in [0.15, 0.2) is 0 Å². The molecule has 0 heterocycles. The Balaban J connectivity index is 0.00000221. The summed E-state index contributed by atoms with van der Waals surface area (Å²) in [7, 11) is 0. The standard InChI is InChI=1S/C21H25.2C7H13.C5H5.CH2.2ClH.Zr/c1-20(2,3)16-7-9-18-14(12-16)11-15-13-17(21(4,5)6)8-10-19(15)18;2*1-2-7-5-3-4-6-7;1-2-4-5-3-1;;;;/h7-10,12H,11H2,1-6H3;2*2,7H,3-6H2,1H3;1-3H,4H2;1H2;2*1H;. The first kappa shape index (κ1) is 36.1. The molecule has 0 nitrogen and oxygen atoms in total. The molecule has 6 rings (SSSR count). The fourth-order valence-corrected chi connectivity index (χ4v) is 33.1. The Morgan fingerprint density at radius 3 is 1.77 bits per heavy atom. The van der Waals surface area contributed by atoms with E-state index in [2.05, 4.69) is 104 Å². The third-order valence-corrected chi connectivity index (χ3v) is 34.7. The summed E-state index contributed by atoms with van der Waals surface area (Å²) < 4.78 is 11.0. The Hall–Kier alpha value is -0.747. The summed E-state index contributed by atoms with van der Waals surface area (Å²) in [5.41, 5.74) is 9.60. The molecule has 0 aromatic heterocycles. The molecule has 2 atom stereocenters. The second-order valence-electron chi connectivity index (χ2n) is 17.2. The molecule has 0 bridgehead atoms. The van der Waals surface area contributed by atoms with E-state index in [9.17, 15) is 0 Å². The van der Waals surface area contributed by atoms with Crippen LogP contribution in [0.5, 0.6) is 0 Å². The molecule has 0 N–H and O–H groups in total. The first-order valence-electron chi connectivity index (χ1n) is 17.5. The van der Waals surface area contributed by atoms with Gasteiger partial charge in [-0.05, 0) is 0 Å². The summed E-state index contributed by atoms with van der Waals surface area (Å²) >= 11 is -4.33. The molecule has 2 saturated carbocycles. The number of fused-ring (bicyclic) bond motifs is 3. The van der Waals surface area contributed by atoms with Crippen molar-refractivity contribution in [3.63, 3.8) is 0 Å². The molecule has 2 unspecified atom stereocenters. The van der Waals surface area contributed by atoms with Crippen LogP contribution in [0.25, 0.3) is 11.1 Å². The summed E-state index contributed by atoms with van der Waals surface area (Å²) in [4.78, 5) is 0. The summed E-state index contributed by atoms with van der Waals surface area (Å²) in [5.74, 6) is 1.64. The average Bonchev–Trinajstić information content (AvgIpc) is 3.76. The van der Waals surface area contributed by atoms with Crippen LogP contribution in [0.1, 0.15) is 135 Å². The number of allylic oxidation sites excluding steroid dienone is 4. The van der Waals surface area contributed by atoms with Crippen molar-refractivity contribution >= 4 is 32.3 Å². The molecule has 4 aliphatic carbocycles. The van der Waals surface area contributed by atoms with Crippen molar-refractivity contribution in [1.29, 1.82) is 0 Å². The van der Waals surface area contributed by atoms with E-state index in [1.165, 1.54) is 68.1 Å². The Morgan fingerprint density at radius 2 is 1.30 bits per heavy atom. The molecule has 44 heavy (non-hydrogen) atoms. The van der Waals surface area contributed by atoms with Crippen LogP contribution in [0.3, 0.4) is 0 Å². The number of benzene rings is 2. The second kappa shape index (κ2) is 12.7. The zero-order valence-electron chi connectivity index (χ0n) is 29.0. The number of halogens is 2. The monoisotopic (exact) mass is 712 g/mol. The molecule has 242 valence electrons. The molecule has 2 aromatic carbocycles. The van der Waals surface area contributed by atoms with Crippen molar-refractivity contribution < 1.29 is 18.3 Å². The van der Waals surface area contributed by atoms with Gasteiger partial charge in [-0.1, -0.05) is 0 Å². The Morgan fingerprint density at radius 1 is 0.750 bits per heavy atom. The molecule has 0 spiro atoms.